The summed E-state index contributed by atoms with van der Waals surface area (Å²) in [6, 6.07) is 14.8. The predicted molar refractivity (Wildman–Crippen MR) is 119 cm³/mol. The number of fused-ring (bicyclic) bond motifs is 1. The van der Waals surface area contributed by atoms with Gasteiger partial charge in [-0.2, -0.15) is 5.26 Å². The second-order valence-corrected chi connectivity index (χ2v) is 7.51. The molecule has 31 heavy (non-hydrogen) atoms. The Hall–Kier alpha value is -3.59. The van der Waals surface area contributed by atoms with Gasteiger partial charge in [-0.15, -0.1) is 0 Å². The largest absolute Gasteiger partial charge is 0.462 e. The Labute approximate surface area is 182 Å². The number of aryl methyl sites for hydroxylation is 2. The van der Waals surface area contributed by atoms with Crippen molar-refractivity contribution in [3.63, 3.8) is 0 Å². The van der Waals surface area contributed by atoms with Gasteiger partial charge in [-0.3, -0.25) is 4.79 Å². The molecule has 2 aromatic rings. The Balaban J connectivity index is 1.70. The highest BCUT2D eigenvalue weighted by Crippen LogP contribution is 2.25. The highest BCUT2D eigenvalue weighted by atomic mass is 16.5. The van der Waals surface area contributed by atoms with Crippen LogP contribution in [0.5, 0.6) is 0 Å². The zero-order valence-electron chi connectivity index (χ0n) is 17.9. The van der Waals surface area contributed by atoms with Gasteiger partial charge in [-0.25, -0.2) is 4.79 Å². The van der Waals surface area contributed by atoms with Crippen molar-refractivity contribution in [2.75, 3.05) is 11.9 Å². The van der Waals surface area contributed by atoms with Crippen LogP contribution in [0.3, 0.4) is 0 Å². The fourth-order valence-electron chi connectivity index (χ4n) is 3.67. The first-order valence-electron chi connectivity index (χ1n) is 10.6. The van der Waals surface area contributed by atoms with Gasteiger partial charge in [0.05, 0.1) is 23.9 Å². The Morgan fingerprint density at radius 2 is 1.90 bits per heavy atom. The molecule has 0 saturated carbocycles. The van der Waals surface area contributed by atoms with E-state index < -0.39 is 11.9 Å². The van der Waals surface area contributed by atoms with E-state index in [-0.39, 0.29) is 18.2 Å². The molecule has 6 nitrogen and oxygen atoms in total. The number of amides is 1. The van der Waals surface area contributed by atoms with Crippen molar-refractivity contribution in [1.82, 2.24) is 5.32 Å². The molecule has 2 N–H and O–H groups in total. The molecule has 2 aromatic carbocycles. The number of para-hydroxylation sites is 1. The van der Waals surface area contributed by atoms with Crippen molar-refractivity contribution >= 4 is 17.6 Å². The van der Waals surface area contributed by atoms with Gasteiger partial charge >= 0.3 is 5.97 Å². The molecule has 0 heterocycles. The van der Waals surface area contributed by atoms with Crippen molar-refractivity contribution < 1.29 is 14.3 Å². The van der Waals surface area contributed by atoms with Crippen LogP contribution in [0.25, 0.3) is 0 Å². The second kappa shape index (κ2) is 10.4. The van der Waals surface area contributed by atoms with Gasteiger partial charge in [-0.1, -0.05) is 30.3 Å². The van der Waals surface area contributed by atoms with E-state index in [1.165, 1.54) is 30.2 Å². The maximum absolute atomic E-state index is 12.7. The number of hydrogen-bond donors (Lipinski definition) is 2. The monoisotopic (exact) mass is 417 g/mol. The third-order valence-corrected chi connectivity index (χ3v) is 5.38. The molecule has 0 saturated heterocycles. The van der Waals surface area contributed by atoms with Crippen LogP contribution in [0.1, 0.15) is 59.8 Å². The maximum Gasteiger partial charge on any atom is 0.340 e. The Bertz CT molecular complexity index is 1040. The minimum atomic E-state index is -0.478. The zero-order chi connectivity index (χ0) is 22.2. The number of carbonyl (C=O) groups is 2. The number of ether oxygens (including phenoxy) is 1. The molecule has 1 amide bonds. The zero-order valence-corrected chi connectivity index (χ0v) is 17.9. The lowest BCUT2D eigenvalue weighted by molar-refractivity contribution is -0.117. The van der Waals surface area contributed by atoms with Crippen LogP contribution < -0.4 is 10.6 Å². The minimum absolute atomic E-state index is 0.0801. The summed E-state index contributed by atoms with van der Waals surface area (Å²) in [6.07, 6.45) is 5.90. The van der Waals surface area contributed by atoms with Gasteiger partial charge in [0, 0.05) is 6.20 Å². The molecule has 6 heteroatoms. The van der Waals surface area contributed by atoms with Crippen LogP contribution in [0.4, 0.5) is 5.69 Å². The third kappa shape index (κ3) is 5.52. The van der Waals surface area contributed by atoms with Crippen LogP contribution in [0.15, 0.2) is 54.2 Å². The molecule has 0 spiro atoms. The molecule has 1 atom stereocenters. The van der Waals surface area contributed by atoms with Gasteiger partial charge in [0.2, 0.25) is 0 Å². The molecule has 0 radical (unpaired) electrons. The van der Waals surface area contributed by atoms with Crippen molar-refractivity contribution in [1.29, 1.82) is 5.26 Å². The molecule has 0 aliphatic heterocycles. The molecule has 3 rings (SSSR count). The number of hydrogen-bond acceptors (Lipinski definition) is 5. The van der Waals surface area contributed by atoms with E-state index in [0.717, 1.165) is 18.4 Å². The first kappa shape index (κ1) is 22.1. The number of esters is 1. The van der Waals surface area contributed by atoms with E-state index >= 15 is 0 Å². The Morgan fingerprint density at radius 3 is 2.65 bits per heavy atom. The SMILES string of the molecule is CCOC(=O)c1ccccc1N/C=C(/C#N)C(=O)NC(C)c1ccc2c(c1)CCCC2. The summed E-state index contributed by atoms with van der Waals surface area (Å²) in [5.74, 6) is -0.947. The van der Waals surface area contributed by atoms with Gasteiger partial charge in [0.15, 0.2) is 0 Å². The summed E-state index contributed by atoms with van der Waals surface area (Å²) in [5, 5.41) is 15.2. The lowest BCUT2D eigenvalue weighted by Gasteiger charge is -2.20. The molecule has 1 unspecified atom stereocenters. The highest BCUT2D eigenvalue weighted by Gasteiger charge is 2.17. The Morgan fingerprint density at radius 1 is 1.16 bits per heavy atom. The van der Waals surface area contributed by atoms with E-state index in [2.05, 4.69) is 22.8 Å². The molecule has 0 bridgehead atoms. The molecule has 160 valence electrons. The fraction of sp³-hybridized carbons (Fsp3) is 0.320. The lowest BCUT2D eigenvalue weighted by atomic mass is 9.89. The standard InChI is InChI=1S/C25H27N3O3/c1-3-31-25(30)22-10-6-7-11-23(22)27-16-21(15-26)24(29)28-17(2)19-13-12-18-8-4-5-9-20(18)14-19/h6-7,10-14,16-17,27H,3-5,8-9H2,1-2H3,(H,28,29)/b21-16-. The van der Waals surface area contributed by atoms with Crippen molar-refractivity contribution in [3.05, 3.63) is 76.5 Å². The first-order chi connectivity index (χ1) is 15.0. The molecular formula is C25H27N3O3. The number of nitrogens with one attached hydrogen (secondary N) is 2. The predicted octanol–water partition coefficient (Wildman–Crippen LogP) is 4.44. The summed E-state index contributed by atoms with van der Waals surface area (Å²) >= 11 is 0. The minimum Gasteiger partial charge on any atom is -0.462 e. The summed E-state index contributed by atoms with van der Waals surface area (Å²) in [6.45, 7) is 3.89. The van der Waals surface area contributed by atoms with E-state index in [1.807, 2.05) is 19.1 Å². The Kier molecular flexibility index (Phi) is 7.45. The summed E-state index contributed by atoms with van der Waals surface area (Å²) < 4.78 is 5.05. The van der Waals surface area contributed by atoms with E-state index in [1.54, 1.807) is 31.2 Å². The number of carbonyl (C=O) groups excluding carboxylic acids is 2. The molecule has 1 aliphatic carbocycles. The highest BCUT2D eigenvalue weighted by molar-refractivity contribution is 5.99. The van der Waals surface area contributed by atoms with Gasteiger partial charge in [-0.05, 0) is 68.4 Å². The second-order valence-electron chi connectivity index (χ2n) is 7.51. The van der Waals surface area contributed by atoms with Crippen LogP contribution in [0, 0.1) is 11.3 Å². The van der Waals surface area contributed by atoms with Gasteiger partial charge in [0.25, 0.3) is 5.91 Å². The molecule has 1 aliphatic rings. The number of anilines is 1. The first-order valence-corrected chi connectivity index (χ1v) is 10.6. The quantitative estimate of drug-likeness (QED) is 0.395. The van der Waals surface area contributed by atoms with Crippen molar-refractivity contribution in [2.24, 2.45) is 0 Å². The summed E-state index contributed by atoms with van der Waals surface area (Å²) in [4.78, 5) is 24.7. The van der Waals surface area contributed by atoms with Crippen molar-refractivity contribution in [3.8, 4) is 6.07 Å². The van der Waals surface area contributed by atoms with E-state index in [9.17, 15) is 14.9 Å². The topological polar surface area (TPSA) is 91.2 Å². The van der Waals surface area contributed by atoms with Crippen LogP contribution in [-0.2, 0) is 22.4 Å². The number of nitrogens with zero attached hydrogens (tertiary/aromatic N) is 1. The summed E-state index contributed by atoms with van der Waals surface area (Å²) in [7, 11) is 0. The van der Waals surface area contributed by atoms with E-state index in [0.29, 0.717) is 11.3 Å². The van der Waals surface area contributed by atoms with Gasteiger partial charge in [0.1, 0.15) is 11.6 Å². The molecule has 0 aromatic heterocycles. The number of nitriles is 1. The number of benzene rings is 2. The average molecular weight is 418 g/mol. The fourth-order valence-corrected chi connectivity index (χ4v) is 3.67. The van der Waals surface area contributed by atoms with Crippen LogP contribution in [0.2, 0.25) is 0 Å². The van der Waals surface area contributed by atoms with Crippen molar-refractivity contribution in [2.45, 2.75) is 45.6 Å². The lowest BCUT2D eigenvalue weighted by Crippen LogP contribution is -2.28. The van der Waals surface area contributed by atoms with Crippen LogP contribution in [-0.4, -0.2) is 18.5 Å². The van der Waals surface area contributed by atoms with E-state index in [4.69, 9.17) is 4.74 Å². The average Bonchev–Trinajstić information content (AvgIpc) is 2.79. The molecule has 0 fully saturated rings. The smallest absolute Gasteiger partial charge is 0.340 e. The summed E-state index contributed by atoms with van der Waals surface area (Å²) in [5.41, 5.74) is 4.47. The number of rotatable bonds is 7. The normalized spacial score (nSPS) is 14.0. The third-order valence-electron chi connectivity index (χ3n) is 5.38. The van der Waals surface area contributed by atoms with Crippen LogP contribution >= 0.6 is 0 Å². The maximum atomic E-state index is 12.7. The molecular weight excluding hydrogens is 390 g/mol. The van der Waals surface area contributed by atoms with Gasteiger partial charge < -0.3 is 15.4 Å².